The summed E-state index contributed by atoms with van der Waals surface area (Å²) in [6.07, 6.45) is 3.49. The molecule has 0 aliphatic rings. The molecule has 0 radical (unpaired) electrons. The van der Waals surface area contributed by atoms with Crippen LogP contribution in [0.3, 0.4) is 0 Å². The van der Waals surface area contributed by atoms with Crippen molar-refractivity contribution in [2.24, 2.45) is 0 Å². The fourth-order valence-corrected chi connectivity index (χ4v) is 3.34. The molecule has 0 aromatic heterocycles. The second kappa shape index (κ2) is 10.8. The highest BCUT2D eigenvalue weighted by Crippen LogP contribution is 2.19. The molecule has 2 aromatic rings. The Balaban J connectivity index is 1.94. The van der Waals surface area contributed by atoms with Crippen molar-refractivity contribution in [2.75, 3.05) is 23.7 Å². The van der Waals surface area contributed by atoms with E-state index in [0.717, 1.165) is 28.9 Å². The highest BCUT2D eigenvalue weighted by molar-refractivity contribution is 7.80. The van der Waals surface area contributed by atoms with E-state index in [1.165, 1.54) is 18.4 Å². The van der Waals surface area contributed by atoms with Crippen LogP contribution >= 0.6 is 12.2 Å². The largest absolute Gasteiger partial charge is 0.340 e. The maximum absolute atomic E-state index is 12.5. The van der Waals surface area contributed by atoms with Crippen LogP contribution in [-0.4, -0.2) is 29.0 Å². The number of rotatable bonds is 8. The van der Waals surface area contributed by atoms with Crippen molar-refractivity contribution in [1.82, 2.24) is 4.90 Å². The Bertz CT molecular complexity index is 782. The number of nitrogens with one attached hydrogen (secondary N) is 2. The van der Waals surface area contributed by atoms with Crippen LogP contribution in [0.15, 0.2) is 42.5 Å². The topological polar surface area (TPSA) is 44.4 Å². The summed E-state index contributed by atoms with van der Waals surface area (Å²) in [5.41, 5.74) is 5.27. The maximum atomic E-state index is 12.5. The fraction of sp³-hybridized carbons (Fsp3) is 0.391. The van der Waals surface area contributed by atoms with Crippen molar-refractivity contribution in [1.29, 1.82) is 0 Å². The third-order valence-electron chi connectivity index (χ3n) is 4.77. The molecule has 0 saturated carbocycles. The maximum Gasteiger partial charge on any atom is 0.243 e. The zero-order valence-electron chi connectivity index (χ0n) is 17.3. The van der Waals surface area contributed by atoms with Crippen LogP contribution in [0.1, 0.15) is 43.4 Å². The molecule has 0 aliphatic carbocycles. The summed E-state index contributed by atoms with van der Waals surface area (Å²) in [5.74, 6) is -0.0710. The molecular formula is C23H31N3OS. The molecule has 0 aliphatic heterocycles. The van der Waals surface area contributed by atoms with Gasteiger partial charge in [-0.1, -0.05) is 43.7 Å². The summed E-state index contributed by atoms with van der Waals surface area (Å²) in [6, 6.07) is 14.3. The van der Waals surface area contributed by atoms with E-state index < -0.39 is 0 Å². The molecule has 1 amide bonds. The lowest BCUT2D eigenvalue weighted by Gasteiger charge is -2.24. The van der Waals surface area contributed by atoms with Gasteiger partial charge < -0.3 is 15.5 Å². The first-order valence-corrected chi connectivity index (χ1v) is 10.4. The van der Waals surface area contributed by atoms with E-state index in [4.69, 9.17) is 12.2 Å². The van der Waals surface area contributed by atoms with Gasteiger partial charge in [-0.15, -0.1) is 0 Å². The summed E-state index contributed by atoms with van der Waals surface area (Å²) in [6.45, 7) is 9.05. The third-order valence-corrected chi connectivity index (χ3v) is 5.13. The van der Waals surface area contributed by atoms with Crippen molar-refractivity contribution < 1.29 is 4.79 Å². The number of amides is 1. The molecule has 2 aromatic carbocycles. The van der Waals surface area contributed by atoms with Gasteiger partial charge >= 0.3 is 0 Å². The summed E-state index contributed by atoms with van der Waals surface area (Å²) >= 11 is 5.53. The summed E-state index contributed by atoms with van der Waals surface area (Å²) in [4.78, 5) is 14.4. The van der Waals surface area contributed by atoms with Crippen molar-refractivity contribution >= 4 is 34.6 Å². The van der Waals surface area contributed by atoms with Gasteiger partial charge in [0, 0.05) is 17.9 Å². The number of anilines is 2. The Morgan fingerprint density at radius 1 is 1.00 bits per heavy atom. The van der Waals surface area contributed by atoms with E-state index in [0.29, 0.717) is 11.7 Å². The SMILES string of the molecule is CCCCc1ccc(NC(=S)N(CC)CC(=O)Nc2c(C)cccc2C)cc1. The lowest BCUT2D eigenvalue weighted by atomic mass is 10.1. The summed E-state index contributed by atoms with van der Waals surface area (Å²) < 4.78 is 0. The van der Waals surface area contributed by atoms with Crippen LogP contribution in [0.2, 0.25) is 0 Å². The first-order valence-electron chi connectivity index (χ1n) is 9.95. The van der Waals surface area contributed by atoms with Crippen LogP contribution < -0.4 is 10.6 Å². The van der Waals surface area contributed by atoms with Gasteiger partial charge in [-0.05, 0) is 74.7 Å². The molecule has 28 heavy (non-hydrogen) atoms. The Morgan fingerprint density at radius 3 is 2.21 bits per heavy atom. The number of carbonyl (C=O) groups is 1. The fourth-order valence-electron chi connectivity index (χ4n) is 3.03. The number of hydrogen-bond acceptors (Lipinski definition) is 2. The number of para-hydroxylation sites is 1. The summed E-state index contributed by atoms with van der Waals surface area (Å²) in [7, 11) is 0. The highest BCUT2D eigenvalue weighted by atomic mass is 32.1. The average Bonchev–Trinajstić information content (AvgIpc) is 2.68. The molecule has 150 valence electrons. The van der Waals surface area contributed by atoms with Gasteiger partial charge in [-0.25, -0.2) is 0 Å². The molecule has 0 atom stereocenters. The van der Waals surface area contributed by atoms with Crippen LogP contribution in [0, 0.1) is 13.8 Å². The molecule has 0 bridgehead atoms. The Labute approximate surface area is 174 Å². The highest BCUT2D eigenvalue weighted by Gasteiger charge is 2.14. The number of carbonyl (C=O) groups excluding carboxylic acids is 1. The van der Waals surface area contributed by atoms with E-state index in [-0.39, 0.29) is 12.5 Å². The molecule has 5 heteroatoms. The number of hydrogen-bond donors (Lipinski definition) is 2. The van der Waals surface area contributed by atoms with Gasteiger partial charge in [-0.2, -0.15) is 0 Å². The minimum atomic E-state index is -0.0710. The van der Waals surface area contributed by atoms with Crippen LogP contribution in [0.25, 0.3) is 0 Å². The molecule has 0 spiro atoms. The second-order valence-corrected chi connectivity index (χ2v) is 7.45. The minimum Gasteiger partial charge on any atom is -0.340 e. The third kappa shape index (κ3) is 6.34. The number of aryl methyl sites for hydroxylation is 3. The van der Waals surface area contributed by atoms with Crippen molar-refractivity contribution in [3.8, 4) is 0 Å². The van der Waals surface area contributed by atoms with Gasteiger partial charge in [0.2, 0.25) is 5.91 Å². The molecule has 4 nitrogen and oxygen atoms in total. The number of benzene rings is 2. The van der Waals surface area contributed by atoms with E-state index >= 15 is 0 Å². The number of unbranched alkanes of at least 4 members (excludes halogenated alkanes) is 1. The zero-order valence-corrected chi connectivity index (χ0v) is 18.2. The van der Waals surface area contributed by atoms with Crippen LogP contribution in [0.5, 0.6) is 0 Å². The normalized spacial score (nSPS) is 10.4. The van der Waals surface area contributed by atoms with Crippen LogP contribution in [0.4, 0.5) is 11.4 Å². The standard InChI is InChI=1S/C23H31N3OS/c1-5-7-11-19-12-14-20(15-13-19)24-23(28)26(6-2)16-21(27)25-22-17(3)9-8-10-18(22)4/h8-10,12-15H,5-7,11,16H2,1-4H3,(H,24,28)(H,25,27). The lowest BCUT2D eigenvalue weighted by Crippen LogP contribution is -2.40. The molecule has 0 unspecified atom stereocenters. The van der Waals surface area contributed by atoms with Crippen molar-refractivity contribution in [3.63, 3.8) is 0 Å². The van der Waals surface area contributed by atoms with E-state index in [1.54, 1.807) is 0 Å². The second-order valence-electron chi connectivity index (χ2n) is 7.06. The molecule has 0 heterocycles. The lowest BCUT2D eigenvalue weighted by molar-refractivity contribution is -0.116. The van der Waals surface area contributed by atoms with Gasteiger partial charge in [0.15, 0.2) is 5.11 Å². The van der Waals surface area contributed by atoms with E-state index in [9.17, 15) is 4.79 Å². The van der Waals surface area contributed by atoms with Gasteiger partial charge in [-0.3, -0.25) is 4.79 Å². The molecular weight excluding hydrogens is 366 g/mol. The van der Waals surface area contributed by atoms with Gasteiger partial charge in [0.1, 0.15) is 0 Å². The first-order chi connectivity index (χ1) is 13.4. The number of likely N-dealkylation sites (N-methyl/N-ethyl adjacent to an activating group) is 1. The zero-order chi connectivity index (χ0) is 20.5. The van der Waals surface area contributed by atoms with Crippen LogP contribution in [-0.2, 0) is 11.2 Å². The molecule has 2 N–H and O–H groups in total. The van der Waals surface area contributed by atoms with E-state index in [1.807, 2.05) is 56.0 Å². The van der Waals surface area contributed by atoms with Gasteiger partial charge in [0.05, 0.1) is 6.54 Å². The Hall–Kier alpha value is -2.40. The summed E-state index contributed by atoms with van der Waals surface area (Å²) in [5, 5.41) is 6.82. The Kier molecular flexibility index (Phi) is 8.45. The molecule has 0 saturated heterocycles. The number of thiocarbonyl (C=S) groups is 1. The quantitative estimate of drug-likeness (QED) is 0.593. The molecule has 2 rings (SSSR count). The van der Waals surface area contributed by atoms with Crippen molar-refractivity contribution in [3.05, 3.63) is 59.2 Å². The predicted octanol–water partition coefficient (Wildman–Crippen LogP) is 5.30. The number of nitrogens with zero attached hydrogens (tertiary/aromatic N) is 1. The van der Waals surface area contributed by atoms with Crippen molar-refractivity contribution in [2.45, 2.75) is 47.0 Å². The van der Waals surface area contributed by atoms with Gasteiger partial charge in [0.25, 0.3) is 0 Å². The predicted molar refractivity (Wildman–Crippen MR) is 123 cm³/mol. The Morgan fingerprint density at radius 2 is 1.64 bits per heavy atom. The minimum absolute atomic E-state index is 0.0710. The first kappa shape index (κ1) is 21.9. The molecule has 0 fully saturated rings. The van der Waals surface area contributed by atoms with E-state index in [2.05, 4.69) is 29.7 Å². The monoisotopic (exact) mass is 397 g/mol. The smallest absolute Gasteiger partial charge is 0.243 e. The average molecular weight is 398 g/mol.